The fraction of sp³-hybridized carbons (Fsp3) is 0.556. The first kappa shape index (κ1) is 18.5. The molecule has 0 radical (unpaired) electrons. The third kappa shape index (κ3) is 3.18. The van der Waals surface area contributed by atoms with E-state index in [-0.39, 0.29) is 11.1 Å². The number of imidazole rings is 1. The zero-order valence-electron chi connectivity index (χ0n) is 16.3. The van der Waals surface area contributed by atoms with Gasteiger partial charge in [0, 0.05) is 51.5 Å². The van der Waals surface area contributed by atoms with E-state index in [1.807, 2.05) is 16.6 Å². The van der Waals surface area contributed by atoms with Crippen molar-refractivity contribution in [2.24, 2.45) is 7.05 Å². The highest BCUT2D eigenvalue weighted by molar-refractivity contribution is 7.89. The van der Waals surface area contributed by atoms with Gasteiger partial charge in [-0.3, -0.25) is 0 Å². The Morgan fingerprint density at radius 3 is 2.48 bits per heavy atom. The number of hydrogen-bond acceptors (Lipinski definition) is 7. The molecule has 2 aliphatic heterocycles. The van der Waals surface area contributed by atoms with Crippen LogP contribution in [0.25, 0.3) is 5.65 Å². The molecule has 0 amide bonds. The summed E-state index contributed by atoms with van der Waals surface area (Å²) in [6, 6.07) is 3.96. The Labute approximate surface area is 169 Å². The molecule has 2 saturated heterocycles. The number of rotatable bonds is 4. The van der Waals surface area contributed by atoms with E-state index in [1.54, 1.807) is 13.2 Å². The van der Waals surface area contributed by atoms with Gasteiger partial charge < -0.3 is 9.47 Å². The van der Waals surface area contributed by atoms with Crippen LogP contribution >= 0.6 is 0 Å². The van der Waals surface area contributed by atoms with Gasteiger partial charge in [0.1, 0.15) is 5.82 Å². The lowest BCUT2D eigenvalue weighted by molar-refractivity contribution is 0.309. The molecule has 0 spiro atoms. The summed E-state index contributed by atoms with van der Waals surface area (Å²) in [4.78, 5) is 6.30. The van der Waals surface area contributed by atoms with Crippen molar-refractivity contribution in [3.05, 3.63) is 30.4 Å². The molecule has 11 heteroatoms. The minimum Gasteiger partial charge on any atom is -0.355 e. The van der Waals surface area contributed by atoms with Crippen molar-refractivity contribution in [1.29, 1.82) is 0 Å². The van der Waals surface area contributed by atoms with Gasteiger partial charge in [0.2, 0.25) is 5.16 Å². The predicted octanol–water partition coefficient (Wildman–Crippen LogP) is 1.03. The maximum Gasteiger partial charge on any atom is 0.276 e. The van der Waals surface area contributed by atoms with Crippen LogP contribution < -0.4 is 4.90 Å². The van der Waals surface area contributed by atoms with E-state index in [2.05, 4.69) is 20.1 Å². The molecule has 3 aromatic heterocycles. The van der Waals surface area contributed by atoms with E-state index in [1.165, 1.54) is 27.9 Å². The normalized spacial score (nSPS) is 19.4. The number of piperidine rings is 1. The summed E-state index contributed by atoms with van der Waals surface area (Å²) in [6.45, 7) is 2.92. The maximum absolute atomic E-state index is 12.9. The molecule has 0 aliphatic carbocycles. The number of fused-ring (bicyclic) bond motifs is 1. The van der Waals surface area contributed by atoms with Crippen LogP contribution in [0.4, 0.5) is 5.82 Å². The van der Waals surface area contributed by atoms with Crippen LogP contribution in [0.1, 0.15) is 37.4 Å². The van der Waals surface area contributed by atoms with Gasteiger partial charge >= 0.3 is 0 Å². The summed E-state index contributed by atoms with van der Waals surface area (Å²) >= 11 is 0. The highest BCUT2D eigenvalue weighted by Gasteiger charge is 2.34. The van der Waals surface area contributed by atoms with Crippen molar-refractivity contribution in [1.82, 2.24) is 33.7 Å². The Morgan fingerprint density at radius 2 is 1.79 bits per heavy atom. The summed E-state index contributed by atoms with van der Waals surface area (Å²) in [5, 5.41) is 13.5. The van der Waals surface area contributed by atoms with Gasteiger partial charge in [-0.05, 0) is 37.8 Å². The van der Waals surface area contributed by atoms with Crippen LogP contribution in [-0.4, -0.2) is 68.3 Å². The second-order valence-electron chi connectivity index (χ2n) is 7.71. The number of nitrogens with zero attached hydrogens (tertiary/aromatic N) is 8. The highest BCUT2D eigenvalue weighted by atomic mass is 32.2. The molecule has 0 aromatic carbocycles. The lowest BCUT2D eigenvalue weighted by Gasteiger charge is -2.29. The fourth-order valence-corrected chi connectivity index (χ4v) is 5.78. The number of hydrogen-bond donors (Lipinski definition) is 0. The van der Waals surface area contributed by atoms with Crippen molar-refractivity contribution >= 4 is 21.5 Å². The minimum atomic E-state index is -3.58. The van der Waals surface area contributed by atoms with Gasteiger partial charge in [-0.2, -0.15) is 8.82 Å². The molecule has 5 rings (SSSR count). The van der Waals surface area contributed by atoms with Crippen LogP contribution in [0.15, 0.2) is 29.7 Å². The summed E-state index contributed by atoms with van der Waals surface area (Å²) < 4.78 is 30.6. The lowest BCUT2D eigenvalue weighted by Crippen LogP contribution is -2.39. The van der Waals surface area contributed by atoms with Crippen LogP contribution in [0.5, 0.6) is 0 Å². The van der Waals surface area contributed by atoms with Crippen molar-refractivity contribution in [2.45, 2.75) is 36.8 Å². The molecule has 2 fully saturated rings. The molecule has 0 unspecified atom stereocenters. The third-order valence-corrected chi connectivity index (χ3v) is 7.77. The zero-order chi connectivity index (χ0) is 20.0. The molecule has 3 aromatic rings. The molecule has 10 nitrogen and oxygen atoms in total. The van der Waals surface area contributed by atoms with Gasteiger partial charge in [-0.15, -0.1) is 15.3 Å². The molecular formula is C18H24N8O2S. The van der Waals surface area contributed by atoms with E-state index >= 15 is 0 Å². The Kier molecular flexibility index (Phi) is 4.50. The second-order valence-corrected chi connectivity index (χ2v) is 9.54. The van der Waals surface area contributed by atoms with E-state index in [9.17, 15) is 8.42 Å². The number of anilines is 1. The van der Waals surface area contributed by atoms with Crippen molar-refractivity contribution in [2.75, 3.05) is 31.1 Å². The topological polar surface area (TPSA) is 102 Å². The summed E-state index contributed by atoms with van der Waals surface area (Å²) in [5.74, 6) is 1.89. The summed E-state index contributed by atoms with van der Waals surface area (Å²) in [7, 11) is -1.89. The zero-order valence-corrected chi connectivity index (χ0v) is 17.2. The Hall–Kier alpha value is -2.53. The van der Waals surface area contributed by atoms with Gasteiger partial charge in [-0.25, -0.2) is 13.4 Å². The molecule has 154 valence electrons. The van der Waals surface area contributed by atoms with Crippen molar-refractivity contribution in [3.63, 3.8) is 0 Å². The predicted molar refractivity (Wildman–Crippen MR) is 106 cm³/mol. The standard InChI is InChI=1S/C18H24N8O2S/c1-23-13-8-19-18(23)29(27,28)25-11-6-14(7-12-25)17-21-20-15-4-5-16(22-26(15)17)24-9-2-3-10-24/h4-5,8,13-14H,2-3,6-7,9-12H2,1H3. The Balaban J connectivity index is 1.36. The largest absolute Gasteiger partial charge is 0.355 e. The SMILES string of the molecule is Cn1ccnc1S(=O)(=O)N1CCC(c2nnc3ccc(N4CCCC4)nn23)CC1. The Bertz CT molecular complexity index is 1120. The molecule has 5 heterocycles. The smallest absolute Gasteiger partial charge is 0.276 e. The average molecular weight is 417 g/mol. The fourth-order valence-electron chi connectivity index (χ4n) is 4.24. The molecule has 2 aliphatic rings. The quantitative estimate of drug-likeness (QED) is 0.626. The molecular weight excluding hydrogens is 392 g/mol. The van der Waals surface area contributed by atoms with Crippen LogP contribution in [0, 0.1) is 0 Å². The summed E-state index contributed by atoms with van der Waals surface area (Å²) in [6.07, 6.45) is 6.90. The first-order chi connectivity index (χ1) is 14.0. The van der Waals surface area contributed by atoms with Gasteiger partial charge in [-0.1, -0.05) is 0 Å². The molecule has 0 saturated carbocycles. The van der Waals surface area contributed by atoms with Crippen molar-refractivity contribution in [3.8, 4) is 0 Å². The number of sulfonamides is 1. The van der Waals surface area contributed by atoms with Crippen LogP contribution in [0.3, 0.4) is 0 Å². The minimum absolute atomic E-state index is 0.0841. The first-order valence-electron chi connectivity index (χ1n) is 9.99. The first-order valence-corrected chi connectivity index (χ1v) is 11.4. The van der Waals surface area contributed by atoms with Crippen LogP contribution in [0.2, 0.25) is 0 Å². The lowest BCUT2D eigenvalue weighted by atomic mass is 9.97. The van der Waals surface area contributed by atoms with Crippen molar-refractivity contribution < 1.29 is 8.42 Å². The van der Waals surface area contributed by atoms with E-state index in [0.29, 0.717) is 25.9 Å². The van der Waals surface area contributed by atoms with E-state index < -0.39 is 10.0 Å². The summed E-state index contributed by atoms with van der Waals surface area (Å²) in [5.41, 5.74) is 0.728. The highest BCUT2D eigenvalue weighted by Crippen LogP contribution is 2.30. The number of aromatic nitrogens is 6. The molecule has 29 heavy (non-hydrogen) atoms. The third-order valence-electron chi connectivity index (χ3n) is 5.87. The average Bonchev–Trinajstić information content (AvgIpc) is 3.48. The van der Waals surface area contributed by atoms with E-state index in [0.717, 1.165) is 30.4 Å². The maximum atomic E-state index is 12.9. The van der Waals surface area contributed by atoms with Crippen LogP contribution in [-0.2, 0) is 17.1 Å². The second kappa shape index (κ2) is 7.06. The molecule has 0 N–H and O–H groups in total. The molecule has 0 bridgehead atoms. The molecule has 0 atom stereocenters. The number of aryl methyl sites for hydroxylation is 1. The van der Waals surface area contributed by atoms with Gasteiger partial charge in [0.05, 0.1) is 0 Å². The van der Waals surface area contributed by atoms with Gasteiger partial charge in [0.25, 0.3) is 10.0 Å². The van der Waals surface area contributed by atoms with E-state index in [4.69, 9.17) is 5.10 Å². The monoisotopic (exact) mass is 416 g/mol. The van der Waals surface area contributed by atoms with Gasteiger partial charge in [0.15, 0.2) is 11.5 Å². The Morgan fingerprint density at radius 1 is 1.03 bits per heavy atom.